The smallest absolute Gasteiger partial charge is 0.404 e. The average Bonchev–Trinajstić information content (AvgIpc) is 3.09. The van der Waals surface area contributed by atoms with Crippen molar-refractivity contribution < 1.29 is 33.0 Å². The van der Waals surface area contributed by atoms with Crippen LogP contribution < -0.4 is 9.47 Å². The Labute approximate surface area is 200 Å². The van der Waals surface area contributed by atoms with Gasteiger partial charge in [0.15, 0.2) is 11.5 Å². The fourth-order valence-corrected chi connectivity index (χ4v) is 4.30. The average molecular weight is 491 g/mol. The van der Waals surface area contributed by atoms with Crippen LogP contribution in [0, 0.1) is 5.92 Å². The molecule has 4 atom stereocenters. The molecule has 10 heteroatoms. The van der Waals surface area contributed by atoms with E-state index in [-0.39, 0.29) is 36.9 Å². The maximum absolute atomic E-state index is 13.9. The summed E-state index contributed by atoms with van der Waals surface area (Å²) in [5.41, 5.74) is 1.43. The van der Waals surface area contributed by atoms with E-state index in [0.29, 0.717) is 10.7 Å². The minimum Gasteiger partial charge on any atom is -0.464 e. The lowest BCUT2D eigenvalue weighted by Gasteiger charge is -2.44. The third-order valence-corrected chi connectivity index (χ3v) is 6.08. The van der Waals surface area contributed by atoms with E-state index in [9.17, 15) is 18.8 Å². The molecule has 34 heavy (non-hydrogen) atoms. The lowest BCUT2D eigenvalue weighted by atomic mass is 9.81. The first-order chi connectivity index (χ1) is 16.1. The SMILES string of the molecule is CCOC(=O)[C@@H]1[C@@H](Cc2ccc(Cl)nc2)C(=O)N1C(=O)C[C@H](C)c1ccc2c(c1)OC(C)(F)O2. The monoisotopic (exact) mass is 490 g/mol. The second-order valence-corrected chi connectivity index (χ2v) is 8.84. The van der Waals surface area contributed by atoms with Gasteiger partial charge in [-0.25, -0.2) is 9.78 Å². The molecule has 0 spiro atoms. The fourth-order valence-electron chi connectivity index (χ4n) is 4.19. The lowest BCUT2D eigenvalue weighted by molar-refractivity contribution is -0.179. The maximum atomic E-state index is 13.9. The molecule has 1 saturated heterocycles. The standard InChI is InChI=1S/C24H24ClFN2O6/c1-4-32-23(31)21-16(10-14-5-8-19(25)27-12-14)22(30)28(21)20(29)9-13(2)15-6-7-17-18(11-15)34-24(3,26)33-17/h5-8,11-13,16,21H,4,9-10H2,1-3H3/t13-,16+,21-,24?/m0/s1. The summed E-state index contributed by atoms with van der Waals surface area (Å²) in [5.74, 6) is -2.11. The number of hydrogen-bond donors (Lipinski definition) is 0. The summed E-state index contributed by atoms with van der Waals surface area (Å²) >= 11 is 5.82. The number of likely N-dealkylation sites (tertiary alicyclic amines) is 1. The third kappa shape index (κ3) is 4.70. The zero-order valence-corrected chi connectivity index (χ0v) is 19.7. The zero-order valence-electron chi connectivity index (χ0n) is 18.9. The van der Waals surface area contributed by atoms with Crippen LogP contribution in [0.25, 0.3) is 0 Å². The number of amides is 2. The number of aromatic nitrogens is 1. The van der Waals surface area contributed by atoms with E-state index in [0.717, 1.165) is 17.4 Å². The number of β-lactam (4-membered cyclic amide) rings is 1. The highest BCUT2D eigenvalue weighted by Gasteiger charge is 2.55. The number of hydrogen-bond acceptors (Lipinski definition) is 7. The summed E-state index contributed by atoms with van der Waals surface area (Å²) in [5, 5.41) is 0.316. The Bertz CT molecular complexity index is 1120. The van der Waals surface area contributed by atoms with Crippen molar-refractivity contribution in [3.8, 4) is 11.5 Å². The lowest BCUT2D eigenvalue weighted by Crippen LogP contribution is -2.67. The molecule has 0 saturated carbocycles. The highest BCUT2D eigenvalue weighted by Crippen LogP contribution is 2.42. The van der Waals surface area contributed by atoms with Gasteiger partial charge >= 0.3 is 12.0 Å². The van der Waals surface area contributed by atoms with Gasteiger partial charge in [-0.15, -0.1) is 0 Å². The molecule has 0 radical (unpaired) electrons. The number of ether oxygens (including phenoxy) is 3. The number of esters is 1. The molecular weight excluding hydrogens is 467 g/mol. The highest BCUT2D eigenvalue weighted by atomic mass is 35.5. The second kappa shape index (κ2) is 9.21. The van der Waals surface area contributed by atoms with E-state index in [1.54, 1.807) is 44.2 Å². The second-order valence-electron chi connectivity index (χ2n) is 8.45. The Morgan fingerprint density at radius 3 is 2.68 bits per heavy atom. The molecule has 4 rings (SSSR count). The molecule has 0 N–H and O–H groups in total. The van der Waals surface area contributed by atoms with Gasteiger partial charge < -0.3 is 14.2 Å². The van der Waals surface area contributed by atoms with Gasteiger partial charge in [0.2, 0.25) is 11.8 Å². The Morgan fingerprint density at radius 2 is 2.00 bits per heavy atom. The molecular formula is C24H24ClFN2O6. The van der Waals surface area contributed by atoms with Crippen LogP contribution in [-0.4, -0.2) is 46.4 Å². The number of fused-ring (bicyclic) bond motifs is 1. The largest absolute Gasteiger partial charge is 0.464 e. The van der Waals surface area contributed by atoms with Crippen LogP contribution in [0.2, 0.25) is 5.15 Å². The molecule has 1 unspecified atom stereocenters. The molecule has 2 amide bonds. The van der Waals surface area contributed by atoms with Crippen molar-refractivity contribution >= 4 is 29.4 Å². The summed E-state index contributed by atoms with van der Waals surface area (Å²) in [7, 11) is 0. The predicted octanol–water partition coefficient (Wildman–Crippen LogP) is 3.80. The number of carbonyl (C=O) groups excluding carboxylic acids is 3. The van der Waals surface area contributed by atoms with E-state index >= 15 is 0 Å². The molecule has 2 aromatic rings. The van der Waals surface area contributed by atoms with Gasteiger partial charge in [0.1, 0.15) is 11.2 Å². The number of nitrogens with zero attached hydrogens (tertiary/aromatic N) is 2. The molecule has 1 fully saturated rings. The first-order valence-electron chi connectivity index (χ1n) is 10.9. The van der Waals surface area contributed by atoms with E-state index < -0.39 is 35.8 Å². The van der Waals surface area contributed by atoms with Gasteiger partial charge in [-0.3, -0.25) is 14.5 Å². The van der Waals surface area contributed by atoms with Gasteiger partial charge in [0, 0.05) is 19.5 Å². The van der Waals surface area contributed by atoms with E-state index in [4.69, 9.17) is 25.8 Å². The van der Waals surface area contributed by atoms with E-state index in [2.05, 4.69) is 4.98 Å². The summed E-state index contributed by atoms with van der Waals surface area (Å²) in [6.07, 6.45) is 1.73. The Hall–Kier alpha value is -3.20. The van der Waals surface area contributed by atoms with Crippen LogP contribution in [-0.2, 0) is 25.5 Å². The number of halogens is 2. The van der Waals surface area contributed by atoms with Crippen molar-refractivity contribution in [3.05, 3.63) is 52.8 Å². The Balaban J connectivity index is 1.47. The van der Waals surface area contributed by atoms with Crippen LogP contribution in [0.1, 0.15) is 44.2 Å². The van der Waals surface area contributed by atoms with E-state index in [1.807, 2.05) is 0 Å². The molecule has 0 aliphatic carbocycles. The van der Waals surface area contributed by atoms with Crippen LogP contribution in [0.3, 0.4) is 0 Å². The minimum atomic E-state index is -2.24. The number of rotatable bonds is 7. The van der Waals surface area contributed by atoms with Crippen LogP contribution in [0.5, 0.6) is 11.5 Å². The molecule has 0 bridgehead atoms. The van der Waals surface area contributed by atoms with Crippen molar-refractivity contribution in [2.24, 2.45) is 5.92 Å². The summed E-state index contributed by atoms with van der Waals surface area (Å²) in [6.45, 7) is 4.74. The van der Waals surface area contributed by atoms with Crippen LogP contribution in [0.4, 0.5) is 4.39 Å². The Morgan fingerprint density at radius 1 is 1.26 bits per heavy atom. The molecule has 3 heterocycles. The topological polar surface area (TPSA) is 95.0 Å². The molecule has 1 aromatic heterocycles. The predicted molar refractivity (Wildman–Crippen MR) is 119 cm³/mol. The quantitative estimate of drug-likeness (QED) is 0.331. The first kappa shape index (κ1) is 23.9. The Kier molecular flexibility index (Phi) is 6.49. The van der Waals surface area contributed by atoms with Crippen LogP contribution >= 0.6 is 11.6 Å². The third-order valence-electron chi connectivity index (χ3n) is 5.86. The first-order valence-corrected chi connectivity index (χ1v) is 11.3. The number of benzene rings is 1. The molecule has 2 aliphatic heterocycles. The van der Waals surface area contributed by atoms with Gasteiger partial charge in [-0.2, -0.15) is 4.39 Å². The van der Waals surface area contributed by atoms with Gasteiger partial charge in [-0.1, -0.05) is 30.7 Å². The van der Waals surface area contributed by atoms with Crippen molar-refractivity contribution in [3.63, 3.8) is 0 Å². The fraction of sp³-hybridized carbons (Fsp3) is 0.417. The van der Waals surface area contributed by atoms with Crippen molar-refractivity contribution in [1.82, 2.24) is 9.88 Å². The van der Waals surface area contributed by atoms with Gasteiger partial charge in [0.05, 0.1) is 12.5 Å². The summed E-state index contributed by atoms with van der Waals surface area (Å²) in [4.78, 5) is 43.6. The number of pyridine rings is 1. The van der Waals surface area contributed by atoms with E-state index in [1.165, 1.54) is 6.20 Å². The minimum absolute atomic E-state index is 0.0383. The van der Waals surface area contributed by atoms with Crippen LogP contribution in [0.15, 0.2) is 36.5 Å². The number of alkyl halides is 1. The van der Waals surface area contributed by atoms with Gasteiger partial charge in [-0.05, 0) is 48.6 Å². The molecule has 8 nitrogen and oxygen atoms in total. The molecule has 1 aromatic carbocycles. The summed E-state index contributed by atoms with van der Waals surface area (Å²) in [6, 6.07) is 4.95. The van der Waals surface area contributed by atoms with Crippen molar-refractivity contribution in [1.29, 1.82) is 0 Å². The van der Waals surface area contributed by atoms with Gasteiger partial charge in [0.25, 0.3) is 0 Å². The number of imide groups is 1. The highest BCUT2D eigenvalue weighted by molar-refractivity contribution is 6.29. The summed E-state index contributed by atoms with van der Waals surface area (Å²) < 4.78 is 29.3. The maximum Gasteiger partial charge on any atom is 0.404 e. The zero-order chi connectivity index (χ0) is 24.6. The normalized spacial score (nSPS) is 23.9. The number of carbonyl (C=O) groups is 3. The van der Waals surface area contributed by atoms with Crippen molar-refractivity contribution in [2.45, 2.75) is 51.6 Å². The van der Waals surface area contributed by atoms with Crippen molar-refractivity contribution in [2.75, 3.05) is 6.61 Å². The molecule has 2 aliphatic rings. The molecule has 180 valence electrons.